The van der Waals surface area contributed by atoms with Crippen LogP contribution in [0.1, 0.15) is 46.0 Å². The number of ether oxygens (including phenoxy) is 1. The van der Waals surface area contributed by atoms with Crippen LogP contribution in [-0.4, -0.2) is 43.0 Å². The van der Waals surface area contributed by atoms with Gasteiger partial charge in [0.25, 0.3) is 0 Å². The summed E-state index contributed by atoms with van der Waals surface area (Å²) in [5.41, 5.74) is 4.75. The minimum Gasteiger partial charge on any atom is -0.467 e. The summed E-state index contributed by atoms with van der Waals surface area (Å²) in [5.74, 6) is -1.22. The van der Waals surface area contributed by atoms with E-state index in [1.807, 2.05) is 13.8 Å². The van der Waals surface area contributed by atoms with E-state index >= 15 is 0 Å². The van der Waals surface area contributed by atoms with E-state index < -0.39 is 23.5 Å². The normalized spacial score (nSPS) is 18.4. The van der Waals surface area contributed by atoms with E-state index in [1.54, 1.807) is 0 Å². The van der Waals surface area contributed by atoms with Gasteiger partial charge in [-0.15, -0.1) is 0 Å². The van der Waals surface area contributed by atoms with Crippen molar-refractivity contribution in [2.45, 2.75) is 57.5 Å². The molecule has 1 fully saturated rings. The maximum Gasteiger partial charge on any atom is 0.331 e. The summed E-state index contributed by atoms with van der Waals surface area (Å²) in [6, 6.07) is -0.656. The van der Waals surface area contributed by atoms with Gasteiger partial charge in [-0.05, 0) is 18.8 Å². The Kier molecular flexibility index (Phi) is 6.80. The summed E-state index contributed by atoms with van der Waals surface area (Å²) < 4.78 is 4.83. The Morgan fingerprint density at radius 3 is 2.27 bits per heavy atom. The highest BCUT2D eigenvalue weighted by molar-refractivity contribution is 5.91. The quantitative estimate of drug-likeness (QED) is 0.601. The molecule has 1 aliphatic carbocycles. The number of amides is 2. The van der Waals surface area contributed by atoms with Gasteiger partial charge in [-0.25, -0.2) is 4.79 Å². The molecule has 0 radical (unpaired) electrons. The molecule has 0 aromatic heterocycles. The highest BCUT2D eigenvalue weighted by Gasteiger charge is 2.41. The monoisotopic (exact) mass is 313 g/mol. The van der Waals surface area contributed by atoms with E-state index in [0.717, 1.165) is 19.3 Å². The first-order chi connectivity index (χ1) is 10.3. The zero-order chi connectivity index (χ0) is 16.8. The van der Waals surface area contributed by atoms with E-state index in [9.17, 15) is 14.4 Å². The molecule has 0 unspecified atom stereocenters. The Labute approximate surface area is 131 Å². The minimum atomic E-state index is -0.963. The molecule has 4 N–H and O–H groups in total. The Hall–Kier alpha value is -1.63. The Morgan fingerprint density at radius 2 is 1.77 bits per heavy atom. The molecule has 126 valence electrons. The van der Waals surface area contributed by atoms with E-state index in [1.165, 1.54) is 7.11 Å². The molecular weight excluding hydrogens is 286 g/mol. The molecule has 22 heavy (non-hydrogen) atoms. The first kappa shape index (κ1) is 18.4. The average Bonchev–Trinajstić information content (AvgIpc) is 2.51. The molecule has 0 heterocycles. The first-order valence-corrected chi connectivity index (χ1v) is 7.75. The molecule has 7 heteroatoms. The second-order valence-electron chi connectivity index (χ2n) is 6.17. The highest BCUT2D eigenvalue weighted by atomic mass is 16.5. The van der Waals surface area contributed by atoms with Crippen molar-refractivity contribution in [2.24, 2.45) is 11.7 Å². The van der Waals surface area contributed by atoms with Crippen molar-refractivity contribution in [3.8, 4) is 0 Å². The van der Waals surface area contributed by atoms with Crippen molar-refractivity contribution >= 4 is 17.8 Å². The fraction of sp³-hybridized carbons (Fsp3) is 0.800. The fourth-order valence-electron chi connectivity index (χ4n) is 2.63. The van der Waals surface area contributed by atoms with Crippen molar-refractivity contribution in [3.63, 3.8) is 0 Å². The third-order valence-electron chi connectivity index (χ3n) is 4.11. The van der Waals surface area contributed by atoms with Gasteiger partial charge in [-0.1, -0.05) is 33.1 Å². The van der Waals surface area contributed by atoms with Gasteiger partial charge in [0.15, 0.2) is 0 Å². The molecule has 1 saturated carbocycles. The van der Waals surface area contributed by atoms with Gasteiger partial charge < -0.3 is 21.1 Å². The zero-order valence-corrected chi connectivity index (χ0v) is 13.6. The number of nitrogens with two attached hydrogens (primary N) is 1. The van der Waals surface area contributed by atoms with Crippen LogP contribution in [0, 0.1) is 5.92 Å². The van der Waals surface area contributed by atoms with Gasteiger partial charge in [0.05, 0.1) is 19.7 Å². The van der Waals surface area contributed by atoms with E-state index in [0.29, 0.717) is 12.8 Å². The minimum absolute atomic E-state index is 0.0113. The van der Waals surface area contributed by atoms with Crippen LogP contribution in [0.5, 0.6) is 0 Å². The molecule has 0 saturated heterocycles. The van der Waals surface area contributed by atoms with Gasteiger partial charge in [0.1, 0.15) is 5.54 Å². The molecule has 0 bridgehead atoms. The second-order valence-corrected chi connectivity index (χ2v) is 6.17. The second kappa shape index (κ2) is 8.12. The van der Waals surface area contributed by atoms with Crippen LogP contribution in [0.3, 0.4) is 0 Å². The predicted molar refractivity (Wildman–Crippen MR) is 81.8 cm³/mol. The van der Waals surface area contributed by atoms with Crippen LogP contribution in [0.4, 0.5) is 0 Å². The van der Waals surface area contributed by atoms with E-state index in [-0.39, 0.29) is 18.4 Å². The van der Waals surface area contributed by atoms with Gasteiger partial charge in [0.2, 0.25) is 11.8 Å². The number of hydrogen-bond acceptors (Lipinski definition) is 5. The molecule has 1 atom stereocenters. The SMILES string of the molecule is COC(=O)C1(NC(=O)CNC(=O)[C@@H](N)C(C)C)CCCCC1. The number of hydrogen-bond donors (Lipinski definition) is 3. The van der Waals surface area contributed by atoms with Crippen molar-refractivity contribution < 1.29 is 19.1 Å². The van der Waals surface area contributed by atoms with Crippen LogP contribution in [0.2, 0.25) is 0 Å². The number of esters is 1. The number of nitrogens with one attached hydrogen (secondary N) is 2. The molecule has 1 aliphatic rings. The number of rotatable bonds is 6. The summed E-state index contributed by atoms with van der Waals surface area (Å²) in [7, 11) is 1.31. The predicted octanol–water partition coefficient (Wildman–Crippen LogP) is 0.0780. The van der Waals surface area contributed by atoms with Crippen molar-refractivity contribution in [1.82, 2.24) is 10.6 Å². The Morgan fingerprint density at radius 1 is 1.18 bits per heavy atom. The van der Waals surface area contributed by atoms with Crippen molar-refractivity contribution in [1.29, 1.82) is 0 Å². The van der Waals surface area contributed by atoms with Crippen LogP contribution in [0.15, 0.2) is 0 Å². The number of methoxy groups -OCH3 is 1. The maximum atomic E-state index is 12.1. The van der Waals surface area contributed by atoms with Crippen LogP contribution < -0.4 is 16.4 Å². The molecule has 0 aliphatic heterocycles. The van der Waals surface area contributed by atoms with Crippen molar-refractivity contribution in [3.05, 3.63) is 0 Å². The standard InChI is InChI=1S/C15H27N3O4/c1-10(2)12(16)13(20)17-9-11(19)18-15(14(21)22-3)7-5-4-6-8-15/h10,12H,4-9,16H2,1-3H3,(H,17,20)(H,18,19)/t12-/m0/s1. The highest BCUT2D eigenvalue weighted by Crippen LogP contribution is 2.29. The molecule has 1 rings (SSSR count). The lowest BCUT2D eigenvalue weighted by Gasteiger charge is -2.35. The number of carbonyl (C=O) groups is 3. The molecule has 0 aromatic rings. The first-order valence-electron chi connectivity index (χ1n) is 7.75. The maximum absolute atomic E-state index is 12.1. The third-order valence-corrected chi connectivity index (χ3v) is 4.11. The largest absolute Gasteiger partial charge is 0.467 e. The summed E-state index contributed by atoms with van der Waals surface area (Å²) in [4.78, 5) is 35.8. The van der Waals surface area contributed by atoms with Gasteiger partial charge in [-0.3, -0.25) is 9.59 Å². The summed E-state index contributed by atoms with van der Waals surface area (Å²) in [6.07, 6.45) is 3.88. The lowest BCUT2D eigenvalue weighted by Crippen LogP contribution is -2.58. The molecule has 7 nitrogen and oxygen atoms in total. The Balaban J connectivity index is 2.57. The molecule has 0 spiro atoms. The van der Waals surface area contributed by atoms with Crippen LogP contribution in [-0.2, 0) is 19.1 Å². The molecule has 2 amide bonds. The van der Waals surface area contributed by atoms with E-state index in [4.69, 9.17) is 10.5 Å². The summed E-state index contributed by atoms with van der Waals surface area (Å²) >= 11 is 0. The molecule has 0 aromatic carbocycles. The van der Waals surface area contributed by atoms with Gasteiger partial charge in [-0.2, -0.15) is 0 Å². The fourth-order valence-corrected chi connectivity index (χ4v) is 2.63. The van der Waals surface area contributed by atoms with Crippen LogP contribution in [0.25, 0.3) is 0 Å². The van der Waals surface area contributed by atoms with Gasteiger partial charge >= 0.3 is 5.97 Å². The average molecular weight is 313 g/mol. The number of carbonyl (C=O) groups excluding carboxylic acids is 3. The topological polar surface area (TPSA) is 111 Å². The third kappa shape index (κ3) is 4.69. The van der Waals surface area contributed by atoms with Gasteiger partial charge in [0, 0.05) is 0 Å². The summed E-state index contributed by atoms with van der Waals surface area (Å²) in [6.45, 7) is 3.47. The molecular formula is C15H27N3O4. The lowest BCUT2D eigenvalue weighted by atomic mass is 9.81. The van der Waals surface area contributed by atoms with Crippen LogP contribution >= 0.6 is 0 Å². The Bertz CT molecular complexity index is 417. The summed E-state index contributed by atoms with van der Waals surface area (Å²) in [5, 5.41) is 5.24. The zero-order valence-electron chi connectivity index (χ0n) is 13.6. The smallest absolute Gasteiger partial charge is 0.331 e. The van der Waals surface area contributed by atoms with Crippen molar-refractivity contribution in [2.75, 3.05) is 13.7 Å². The van der Waals surface area contributed by atoms with E-state index in [2.05, 4.69) is 10.6 Å². The lowest BCUT2D eigenvalue weighted by molar-refractivity contribution is -0.152.